The molecule has 2 aromatic rings. The second-order valence-corrected chi connectivity index (χ2v) is 5.80. The summed E-state index contributed by atoms with van der Waals surface area (Å²) >= 11 is 12.3. The van der Waals surface area contributed by atoms with Gasteiger partial charge in [-0.3, -0.25) is 0 Å². The third kappa shape index (κ3) is 2.48. The minimum Gasteiger partial charge on any atom is -0.383 e. The zero-order chi connectivity index (χ0) is 14.1. The van der Waals surface area contributed by atoms with E-state index in [1.54, 1.807) is 6.07 Å². The van der Waals surface area contributed by atoms with Crippen LogP contribution >= 0.6 is 23.2 Å². The highest BCUT2D eigenvalue weighted by Crippen LogP contribution is 2.33. The fourth-order valence-electron chi connectivity index (χ4n) is 2.60. The molecular weight excluding hydrogens is 293 g/mol. The van der Waals surface area contributed by atoms with E-state index in [-0.39, 0.29) is 0 Å². The van der Waals surface area contributed by atoms with Crippen LogP contribution < -0.4 is 5.73 Å². The number of aryl methyl sites for hydroxylation is 1. The molecule has 3 nitrogen and oxygen atoms in total. The first-order valence-electron chi connectivity index (χ1n) is 6.76. The van der Waals surface area contributed by atoms with Crippen molar-refractivity contribution in [3.8, 4) is 11.4 Å². The molecule has 1 aliphatic carbocycles. The predicted molar refractivity (Wildman–Crippen MR) is 83.2 cm³/mol. The van der Waals surface area contributed by atoms with Gasteiger partial charge in [0.15, 0.2) is 5.82 Å². The zero-order valence-electron chi connectivity index (χ0n) is 11.0. The molecule has 0 unspecified atom stereocenters. The third-order valence-electron chi connectivity index (χ3n) is 3.66. The largest absolute Gasteiger partial charge is 0.383 e. The van der Waals surface area contributed by atoms with Crippen LogP contribution in [0.25, 0.3) is 11.4 Å². The summed E-state index contributed by atoms with van der Waals surface area (Å²) in [5.74, 6) is 1.14. The number of fused-ring (bicyclic) bond motifs is 1. The molecule has 3 rings (SSSR count). The summed E-state index contributed by atoms with van der Waals surface area (Å²) in [4.78, 5) is 9.10. The van der Waals surface area contributed by atoms with Crippen molar-refractivity contribution in [3.05, 3.63) is 39.5 Å². The molecule has 0 saturated heterocycles. The SMILES string of the molecule is Nc1nc(-c2cccc(Cl)c2Cl)nc2c1CCCCC2. The molecule has 0 atom stereocenters. The van der Waals surface area contributed by atoms with E-state index in [9.17, 15) is 0 Å². The molecule has 2 N–H and O–H groups in total. The Morgan fingerprint density at radius 1 is 1.00 bits per heavy atom. The average molecular weight is 308 g/mol. The zero-order valence-corrected chi connectivity index (χ0v) is 12.5. The highest BCUT2D eigenvalue weighted by molar-refractivity contribution is 6.43. The van der Waals surface area contributed by atoms with Crippen molar-refractivity contribution < 1.29 is 0 Å². The van der Waals surface area contributed by atoms with Gasteiger partial charge in [-0.25, -0.2) is 9.97 Å². The first-order valence-corrected chi connectivity index (χ1v) is 7.52. The van der Waals surface area contributed by atoms with Crippen LogP contribution in [0.5, 0.6) is 0 Å². The number of rotatable bonds is 1. The van der Waals surface area contributed by atoms with Gasteiger partial charge in [-0.15, -0.1) is 0 Å². The van der Waals surface area contributed by atoms with E-state index >= 15 is 0 Å². The van der Waals surface area contributed by atoms with Gasteiger partial charge in [-0.05, 0) is 37.8 Å². The molecule has 1 aliphatic rings. The van der Waals surface area contributed by atoms with Gasteiger partial charge in [-0.2, -0.15) is 0 Å². The Balaban J connectivity index is 2.13. The molecule has 20 heavy (non-hydrogen) atoms. The smallest absolute Gasteiger partial charge is 0.163 e. The van der Waals surface area contributed by atoms with Crippen molar-refractivity contribution in [1.82, 2.24) is 9.97 Å². The van der Waals surface area contributed by atoms with Crippen LogP contribution in [0.1, 0.15) is 30.5 Å². The van der Waals surface area contributed by atoms with Crippen molar-refractivity contribution in [2.75, 3.05) is 5.73 Å². The number of aromatic nitrogens is 2. The Labute approximate surface area is 128 Å². The maximum absolute atomic E-state index is 6.24. The number of nitrogens with two attached hydrogens (primary N) is 1. The van der Waals surface area contributed by atoms with E-state index in [1.165, 1.54) is 6.42 Å². The van der Waals surface area contributed by atoms with Gasteiger partial charge in [0, 0.05) is 16.8 Å². The summed E-state index contributed by atoms with van der Waals surface area (Å²) in [5.41, 5.74) is 9.00. The lowest BCUT2D eigenvalue weighted by Crippen LogP contribution is -2.06. The van der Waals surface area contributed by atoms with Crippen LogP contribution in [0.3, 0.4) is 0 Å². The average Bonchev–Trinajstić information content (AvgIpc) is 2.67. The number of hydrogen-bond donors (Lipinski definition) is 1. The molecule has 1 heterocycles. The highest BCUT2D eigenvalue weighted by Gasteiger charge is 2.17. The van der Waals surface area contributed by atoms with Crippen molar-refractivity contribution in [1.29, 1.82) is 0 Å². The Morgan fingerprint density at radius 2 is 1.80 bits per heavy atom. The minimum absolute atomic E-state index is 0.474. The lowest BCUT2D eigenvalue weighted by molar-refractivity contribution is 0.709. The molecule has 0 saturated carbocycles. The van der Waals surface area contributed by atoms with Crippen molar-refractivity contribution in [3.63, 3.8) is 0 Å². The summed E-state index contributed by atoms with van der Waals surface area (Å²) in [6.45, 7) is 0. The molecule has 0 fully saturated rings. The molecular formula is C15H15Cl2N3. The number of benzene rings is 1. The Morgan fingerprint density at radius 3 is 2.65 bits per heavy atom. The highest BCUT2D eigenvalue weighted by atomic mass is 35.5. The number of halogens is 2. The Bertz CT molecular complexity index is 656. The minimum atomic E-state index is 0.474. The van der Waals surface area contributed by atoms with E-state index in [2.05, 4.69) is 9.97 Å². The second kappa shape index (κ2) is 5.58. The first-order chi connectivity index (χ1) is 9.66. The quantitative estimate of drug-likeness (QED) is 0.799. The molecule has 0 aliphatic heterocycles. The topological polar surface area (TPSA) is 51.8 Å². The molecule has 0 radical (unpaired) electrons. The maximum Gasteiger partial charge on any atom is 0.163 e. The van der Waals surface area contributed by atoms with E-state index in [1.807, 2.05) is 12.1 Å². The van der Waals surface area contributed by atoms with Gasteiger partial charge >= 0.3 is 0 Å². The molecule has 0 spiro atoms. The van der Waals surface area contributed by atoms with Crippen LogP contribution in [0.4, 0.5) is 5.82 Å². The number of hydrogen-bond acceptors (Lipinski definition) is 3. The normalized spacial score (nSPS) is 14.7. The van der Waals surface area contributed by atoms with Gasteiger partial charge in [0.05, 0.1) is 10.0 Å². The first kappa shape index (κ1) is 13.7. The summed E-state index contributed by atoms with van der Waals surface area (Å²) in [7, 11) is 0. The van der Waals surface area contributed by atoms with E-state index in [4.69, 9.17) is 28.9 Å². The molecule has 1 aromatic heterocycles. The molecule has 5 heteroatoms. The monoisotopic (exact) mass is 307 g/mol. The fourth-order valence-corrected chi connectivity index (χ4v) is 2.98. The lowest BCUT2D eigenvalue weighted by atomic mass is 10.1. The van der Waals surface area contributed by atoms with Crippen LogP contribution in [-0.4, -0.2) is 9.97 Å². The molecule has 104 valence electrons. The Hall–Kier alpha value is -1.32. The van der Waals surface area contributed by atoms with Crippen LogP contribution in [0, 0.1) is 0 Å². The predicted octanol–water partition coefficient (Wildman–Crippen LogP) is 4.30. The van der Waals surface area contributed by atoms with E-state index in [0.717, 1.165) is 42.5 Å². The lowest BCUT2D eigenvalue weighted by Gasteiger charge is -2.11. The summed E-state index contributed by atoms with van der Waals surface area (Å²) in [6, 6.07) is 5.46. The molecule has 1 aromatic carbocycles. The van der Waals surface area contributed by atoms with Gasteiger partial charge < -0.3 is 5.73 Å². The fraction of sp³-hybridized carbons (Fsp3) is 0.333. The van der Waals surface area contributed by atoms with Crippen molar-refractivity contribution in [2.45, 2.75) is 32.1 Å². The Kier molecular flexibility index (Phi) is 3.81. The second-order valence-electron chi connectivity index (χ2n) is 5.02. The van der Waals surface area contributed by atoms with Gasteiger partial charge in [-0.1, -0.05) is 35.7 Å². The van der Waals surface area contributed by atoms with Gasteiger partial charge in [0.25, 0.3) is 0 Å². The van der Waals surface area contributed by atoms with Gasteiger partial charge in [0.2, 0.25) is 0 Å². The van der Waals surface area contributed by atoms with E-state index in [0.29, 0.717) is 21.7 Å². The van der Waals surface area contributed by atoms with Crippen LogP contribution in [-0.2, 0) is 12.8 Å². The maximum atomic E-state index is 6.24. The van der Waals surface area contributed by atoms with Crippen molar-refractivity contribution in [2.24, 2.45) is 0 Å². The van der Waals surface area contributed by atoms with Crippen molar-refractivity contribution >= 4 is 29.0 Å². The van der Waals surface area contributed by atoms with Crippen LogP contribution in [0.2, 0.25) is 10.0 Å². The molecule has 0 amide bonds. The van der Waals surface area contributed by atoms with Crippen LogP contribution in [0.15, 0.2) is 18.2 Å². The number of anilines is 1. The summed E-state index contributed by atoms with van der Waals surface area (Å²) in [6.07, 6.45) is 5.42. The van der Waals surface area contributed by atoms with E-state index < -0.39 is 0 Å². The standard InChI is InChI=1S/C15H15Cl2N3/c16-11-7-4-6-10(13(11)17)15-19-12-8-3-1-2-5-9(12)14(18)20-15/h4,6-7H,1-3,5,8H2,(H2,18,19,20). The summed E-state index contributed by atoms with van der Waals surface area (Å²) < 4.78 is 0. The summed E-state index contributed by atoms with van der Waals surface area (Å²) in [5, 5.41) is 0.975. The third-order valence-corrected chi connectivity index (χ3v) is 4.48. The van der Waals surface area contributed by atoms with Gasteiger partial charge in [0.1, 0.15) is 5.82 Å². The number of nitrogen functional groups attached to an aromatic ring is 1. The number of nitrogens with zero attached hydrogens (tertiary/aromatic N) is 2. The molecule has 0 bridgehead atoms.